The second-order valence-electron chi connectivity index (χ2n) is 6.53. The van der Waals surface area contributed by atoms with Crippen LogP contribution in [0.2, 0.25) is 0 Å². The van der Waals surface area contributed by atoms with Crippen molar-refractivity contribution in [1.29, 1.82) is 0 Å². The zero-order valence-electron chi connectivity index (χ0n) is 16.0. The molecule has 5 N–H and O–H groups in total. The lowest BCUT2D eigenvalue weighted by atomic mass is 10.1. The van der Waals surface area contributed by atoms with Gasteiger partial charge in [-0.3, -0.25) is 23.7 Å². The van der Waals surface area contributed by atoms with E-state index >= 15 is 0 Å². The molecule has 1 aromatic heterocycles. The molecule has 9 nitrogen and oxygen atoms in total. The van der Waals surface area contributed by atoms with Crippen molar-refractivity contribution in [2.24, 2.45) is 12.8 Å². The summed E-state index contributed by atoms with van der Waals surface area (Å²) in [5, 5.41) is 5.68. The first-order valence-corrected chi connectivity index (χ1v) is 9.38. The fourth-order valence-electron chi connectivity index (χ4n) is 2.83. The number of nitrogens with two attached hydrogens (primary N) is 1. The first-order chi connectivity index (χ1) is 14.3. The summed E-state index contributed by atoms with van der Waals surface area (Å²) in [7, 11) is 1.56. The summed E-state index contributed by atoms with van der Waals surface area (Å²) in [6.45, 7) is 0.0926. The van der Waals surface area contributed by atoms with Gasteiger partial charge in [-0.15, -0.1) is 0 Å². The molecule has 0 saturated carbocycles. The number of para-hydroxylation sites is 1. The van der Waals surface area contributed by atoms with E-state index in [1.54, 1.807) is 37.4 Å². The van der Waals surface area contributed by atoms with E-state index in [0.717, 1.165) is 0 Å². The normalized spacial score (nSPS) is 10.6. The van der Waals surface area contributed by atoms with E-state index in [1.165, 1.54) is 16.7 Å². The second kappa shape index (κ2) is 8.70. The molecule has 154 valence electrons. The Morgan fingerprint density at radius 1 is 1.13 bits per heavy atom. The molecule has 30 heavy (non-hydrogen) atoms. The Morgan fingerprint density at radius 3 is 2.60 bits per heavy atom. The van der Waals surface area contributed by atoms with Crippen LogP contribution in [0.5, 0.6) is 0 Å². The van der Waals surface area contributed by atoms with E-state index in [4.69, 9.17) is 18.0 Å². The lowest BCUT2D eigenvalue weighted by Gasteiger charge is -2.12. The number of aromatic nitrogens is 2. The Hall–Kier alpha value is -3.79. The van der Waals surface area contributed by atoms with Crippen LogP contribution >= 0.6 is 12.2 Å². The maximum atomic E-state index is 12.7. The maximum Gasteiger partial charge on any atom is 0.261 e. The van der Waals surface area contributed by atoms with E-state index in [9.17, 15) is 19.2 Å². The third-order valence-electron chi connectivity index (χ3n) is 4.44. The predicted molar refractivity (Wildman–Crippen MR) is 115 cm³/mol. The molecule has 0 spiro atoms. The van der Waals surface area contributed by atoms with Crippen molar-refractivity contribution < 1.29 is 14.4 Å². The van der Waals surface area contributed by atoms with Crippen molar-refractivity contribution in [1.82, 2.24) is 14.9 Å². The number of carbonyl (C=O) groups excluding carboxylic acids is 3. The molecule has 0 fully saturated rings. The summed E-state index contributed by atoms with van der Waals surface area (Å²) in [5.74, 6) is -1.44. The average molecular weight is 425 g/mol. The van der Waals surface area contributed by atoms with Gasteiger partial charge in [0.25, 0.3) is 17.4 Å². The minimum atomic E-state index is -0.526. The molecule has 0 aliphatic heterocycles. The summed E-state index contributed by atoms with van der Waals surface area (Å²) in [5.41, 5.74) is 6.06. The molecule has 0 bridgehead atoms. The standard InChI is InChI=1S/C20H19N5O4S/c1-25-19(29)13-7-6-11(10-15(13)24-20(25)30)17(27)23-14-5-3-2-4-12(14)18(28)22-9-8-16(21)26/h2-7,10H,8-9H2,1H3,(H2,21,26)(H,22,28)(H,23,27)(H,24,30). The van der Waals surface area contributed by atoms with E-state index in [0.29, 0.717) is 16.6 Å². The van der Waals surface area contributed by atoms with Crippen molar-refractivity contribution in [2.75, 3.05) is 11.9 Å². The molecule has 0 unspecified atom stereocenters. The quantitative estimate of drug-likeness (QED) is 0.443. The fraction of sp³-hybridized carbons (Fsp3) is 0.150. The zero-order valence-corrected chi connectivity index (χ0v) is 16.8. The van der Waals surface area contributed by atoms with E-state index in [2.05, 4.69) is 15.6 Å². The number of anilines is 1. The van der Waals surface area contributed by atoms with E-state index < -0.39 is 17.7 Å². The van der Waals surface area contributed by atoms with Crippen LogP contribution in [0.3, 0.4) is 0 Å². The first kappa shape index (κ1) is 20.9. The van der Waals surface area contributed by atoms with Crippen molar-refractivity contribution in [3.05, 3.63) is 68.7 Å². The van der Waals surface area contributed by atoms with Gasteiger partial charge < -0.3 is 21.4 Å². The average Bonchev–Trinajstić information content (AvgIpc) is 2.71. The Labute approximate surface area is 175 Å². The van der Waals surface area contributed by atoms with Crippen LogP contribution in [0.1, 0.15) is 27.1 Å². The Balaban J connectivity index is 1.85. The molecule has 0 saturated heterocycles. The third-order valence-corrected chi connectivity index (χ3v) is 4.82. The van der Waals surface area contributed by atoms with Gasteiger partial charge in [0.1, 0.15) is 0 Å². The SMILES string of the molecule is Cn1c(=S)[nH]c2cc(C(=O)Nc3ccccc3C(=O)NCCC(N)=O)ccc2c1=O. The summed E-state index contributed by atoms with van der Waals surface area (Å²) in [6, 6.07) is 11.1. The second-order valence-corrected chi connectivity index (χ2v) is 6.91. The molecule has 10 heteroatoms. The summed E-state index contributed by atoms with van der Waals surface area (Å²) < 4.78 is 1.55. The molecule has 0 aliphatic rings. The van der Waals surface area contributed by atoms with Gasteiger partial charge in [0, 0.05) is 25.6 Å². The van der Waals surface area contributed by atoms with Crippen molar-refractivity contribution in [2.45, 2.75) is 6.42 Å². The number of H-pyrrole nitrogens is 1. The van der Waals surface area contributed by atoms with Gasteiger partial charge >= 0.3 is 0 Å². The summed E-state index contributed by atoms with van der Waals surface area (Å²) >= 11 is 5.11. The molecular formula is C20H19N5O4S. The molecular weight excluding hydrogens is 406 g/mol. The van der Waals surface area contributed by atoms with Crippen LogP contribution in [-0.2, 0) is 11.8 Å². The smallest absolute Gasteiger partial charge is 0.261 e. The number of fused-ring (bicyclic) bond motifs is 1. The van der Waals surface area contributed by atoms with Crippen molar-refractivity contribution >= 4 is 46.5 Å². The number of benzene rings is 2. The Morgan fingerprint density at radius 2 is 1.87 bits per heavy atom. The van der Waals surface area contributed by atoms with Crippen LogP contribution in [0.25, 0.3) is 10.9 Å². The summed E-state index contributed by atoms with van der Waals surface area (Å²) in [4.78, 5) is 51.1. The largest absolute Gasteiger partial charge is 0.370 e. The highest BCUT2D eigenvalue weighted by Crippen LogP contribution is 2.17. The highest BCUT2D eigenvalue weighted by molar-refractivity contribution is 7.71. The van der Waals surface area contributed by atoms with Gasteiger partial charge in [0.15, 0.2) is 4.77 Å². The number of aromatic amines is 1. The highest BCUT2D eigenvalue weighted by Gasteiger charge is 2.15. The fourth-order valence-corrected chi connectivity index (χ4v) is 3.02. The summed E-state index contributed by atoms with van der Waals surface area (Å²) in [6.07, 6.45) is 0.0121. The van der Waals surface area contributed by atoms with Crippen LogP contribution in [0.4, 0.5) is 5.69 Å². The number of nitrogens with one attached hydrogen (secondary N) is 3. The monoisotopic (exact) mass is 425 g/mol. The van der Waals surface area contributed by atoms with Crippen molar-refractivity contribution in [3.8, 4) is 0 Å². The topological polar surface area (TPSA) is 139 Å². The molecule has 0 aliphatic carbocycles. The first-order valence-electron chi connectivity index (χ1n) is 8.98. The number of carbonyl (C=O) groups is 3. The van der Waals surface area contributed by atoms with E-state index in [-0.39, 0.29) is 34.4 Å². The molecule has 3 amide bonds. The molecule has 1 heterocycles. The number of hydrogen-bond donors (Lipinski definition) is 4. The van der Waals surface area contributed by atoms with Gasteiger partial charge in [-0.1, -0.05) is 12.1 Å². The van der Waals surface area contributed by atoms with Gasteiger partial charge in [-0.05, 0) is 42.5 Å². The minimum Gasteiger partial charge on any atom is -0.370 e. The van der Waals surface area contributed by atoms with Crippen LogP contribution in [-0.4, -0.2) is 33.8 Å². The number of rotatable bonds is 6. The number of primary amides is 1. The lowest BCUT2D eigenvalue weighted by Crippen LogP contribution is -2.28. The third kappa shape index (κ3) is 4.44. The van der Waals surface area contributed by atoms with Gasteiger partial charge in [0.05, 0.1) is 22.2 Å². The van der Waals surface area contributed by atoms with Crippen molar-refractivity contribution in [3.63, 3.8) is 0 Å². The predicted octanol–water partition coefficient (Wildman–Crippen LogP) is 1.45. The van der Waals surface area contributed by atoms with Gasteiger partial charge in [-0.25, -0.2) is 0 Å². The van der Waals surface area contributed by atoms with Crippen LogP contribution in [0.15, 0.2) is 47.3 Å². The zero-order chi connectivity index (χ0) is 21.8. The van der Waals surface area contributed by atoms with Crippen LogP contribution < -0.4 is 21.9 Å². The van der Waals surface area contributed by atoms with Crippen LogP contribution in [0, 0.1) is 4.77 Å². The Bertz CT molecular complexity index is 1280. The van der Waals surface area contributed by atoms with Gasteiger partial charge in [-0.2, -0.15) is 0 Å². The molecule has 0 atom stereocenters. The minimum absolute atomic E-state index is 0.0121. The molecule has 3 rings (SSSR count). The highest BCUT2D eigenvalue weighted by atomic mass is 32.1. The number of amides is 3. The maximum absolute atomic E-state index is 12.7. The number of nitrogens with zero attached hydrogens (tertiary/aromatic N) is 1. The molecule has 2 aromatic carbocycles. The molecule has 3 aromatic rings. The molecule has 0 radical (unpaired) electrons. The number of hydrogen-bond acceptors (Lipinski definition) is 5. The van der Waals surface area contributed by atoms with E-state index in [1.807, 2.05) is 0 Å². The lowest BCUT2D eigenvalue weighted by molar-refractivity contribution is -0.117. The van der Waals surface area contributed by atoms with Gasteiger partial charge in [0.2, 0.25) is 5.91 Å². The Kier molecular flexibility index (Phi) is 6.07.